The van der Waals surface area contributed by atoms with Crippen LogP contribution in [-0.4, -0.2) is 128 Å². The number of fused-ring (bicyclic) bond motifs is 7. The summed E-state index contributed by atoms with van der Waals surface area (Å²) in [5.41, 5.74) is -0.363. The second kappa shape index (κ2) is 16.4. The van der Waals surface area contributed by atoms with Gasteiger partial charge in [0.05, 0.1) is 24.7 Å². The van der Waals surface area contributed by atoms with Crippen LogP contribution in [0.15, 0.2) is 11.6 Å². The van der Waals surface area contributed by atoms with Crippen LogP contribution in [0.1, 0.15) is 132 Å². The first kappa shape index (κ1) is 46.3. The van der Waals surface area contributed by atoms with E-state index in [0.29, 0.717) is 31.6 Å². The standard InChI is InChI=1S/C46H74O14/c1-9-10-21-56-37(54)36-33(51)32(50)35(53)39(59-36)58-29-14-15-43(6)27(42(29,4)5)13-16-45(8)28(43)12-11-24-25-22-41(2,3)17-19-46(25,20-18-44(24,45)7)40(55)60-38-34(52)31(49)30(48)26(23-47)57-38/h11,25-36,38-39,47-53H,9-10,12-23H2,1-8H3/t25-,26+,27-,28+,29-,30+,31-,32-,33-,34+,35+,36-,38?,39+,43-,44+,45+,46-/m0/s1. The molecular formula is C46H74O14. The topological polar surface area (TPSA) is 222 Å². The summed E-state index contributed by atoms with van der Waals surface area (Å²) >= 11 is 0. The molecule has 2 heterocycles. The Morgan fingerprint density at radius 3 is 2.12 bits per heavy atom. The highest BCUT2D eigenvalue weighted by Crippen LogP contribution is 2.76. The summed E-state index contributed by atoms with van der Waals surface area (Å²) in [5.74, 6) is -0.815. The van der Waals surface area contributed by atoms with Gasteiger partial charge in [-0.1, -0.05) is 73.5 Å². The van der Waals surface area contributed by atoms with Crippen molar-refractivity contribution in [1.29, 1.82) is 0 Å². The van der Waals surface area contributed by atoms with E-state index in [9.17, 15) is 45.3 Å². The highest BCUT2D eigenvalue weighted by molar-refractivity contribution is 5.79. The van der Waals surface area contributed by atoms with E-state index < -0.39 is 85.4 Å². The summed E-state index contributed by atoms with van der Waals surface area (Å²) in [6.45, 7) is 17.8. The third-order valence-corrected chi connectivity index (χ3v) is 17.9. The SMILES string of the molecule is CCCCOC(=O)[C@H]1O[C@@H](O[C@H]2CC[C@]3(C)[C@H]4CC=C5[C@@H]6CC(C)(C)CC[C@]6(C(=O)OC6O[C@H](CO)[C@@H](O)[C@H](O)[C@H]6O)CC[C@@]5(C)[C@]4(C)CC[C@H]3C2(C)C)[C@H](O)[C@@H](O)[C@@H]1O. The van der Waals surface area contributed by atoms with E-state index in [2.05, 4.69) is 54.5 Å². The fourth-order valence-corrected chi connectivity index (χ4v) is 13.9. The van der Waals surface area contributed by atoms with Gasteiger partial charge in [-0.05, 0) is 115 Å². The van der Waals surface area contributed by atoms with E-state index in [0.717, 1.165) is 51.4 Å². The first-order valence-electron chi connectivity index (χ1n) is 22.8. The van der Waals surface area contributed by atoms with E-state index in [1.165, 1.54) is 5.57 Å². The molecule has 2 aliphatic heterocycles. The van der Waals surface area contributed by atoms with Crippen molar-refractivity contribution in [2.24, 2.45) is 50.2 Å². The Labute approximate surface area is 355 Å². The van der Waals surface area contributed by atoms with Crippen molar-refractivity contribution in [3.05, 3.63) is 11.6 Å². The molecule has 4 saturated carbocycles. The Morgan fingerprint density at radius 2 is 1.43 bits per heavy atom. The van der Waals surface area contributed by atoms with Crippen molar-refractivity contribution < 1.29 is 69.0 Å². The Kier molecular flexibility index (Phi) is 12.6. The van der Waals surface area contributed by atoms with Gasteiger partial charge in [0.15, 0.2) is 12.4 Å². The summed E-state index contributed by atoms with van der Waals surface area (Å²) in [6.07, 6.45) is -3.85. The van der Waals surface area contributed by atoms with Crippen LogP contribution < -0.4 is 0 Å². The van der Waals surface area contributed by atoms with E-state index in [-0.39, 0.29) is 51.6 Å². The predicted octanol–water partition coefficient (Wildman–Crippen LogP) is 3.67. The molecule has 0 aromatic carbocycles. The van der Waals surface area contributed by atoms with Crippen LogP contribution in [0.2, 0.25) is 0 Å². The quantitative estimate of drug-likeness (QED) is 0.0762. The van der Waals surface area contributed by atoms with Crippen LogP contribution in [0.25, 0.3) is 0 Å². The number of unbranched alkanes of at least 4 members (excludes halogenated alkanes) is 1. The first-order valence-corrected chi connectivity index (χ1v) is 22.8. The van der Waals surface area contributed by atoms with Crippen LogP contribution in [0, 0.1) is 50.2 Å². The maximum Gasteiger partial charge on any atom is 0.338 e. The van der Waals surface area contributed by atoms with Crippen LogP contribution in [0.3, 0.4) is 0 Å². The molecule has 18 atom stereocenters. The maximum atomic E-state index is 14.6. The summed E-state index contributed by atoms with van der Waals surface area (Å²) in [6, 6.07) is 0. The lowest BCUT2D eigenvalue weighted by Crippen LogP contribution is -2.66. The molecule has 14 heteroatoms. The average molecular weight is 851 g/mol. The molecule has 7 rings (SSSR count). The summed E-state index contributed by atoms with van der Waals surface area (Å²) in [5, 5.41) is 74.0. The van der Waals surface area contributed by atoms with E-state index in [1.54, 1.807) is 0 Å². The second-order valence-electron chi connectivity index (χ2n) is 21.9. The van der Waals surface area contributed by atoms with E-state index in [4.69, 9.17) is 23.7 Å². The lowest BCUT2D eigenvalue weighted by atomic mass is 9.33. The summed E-state index contributed by atoms with van der Waals surface area (Å²) in [4.78, 5) is 27.5. The third-order valence-electron chi connectivity index (χ3n) is 17.9. The zero-order valence-corrected chi connectivity index (χ0v) is 37.0. The molecule has 60 heavy (non-hydrogen) atoms. The maximum absolute atomic E-state index is 14.6. The van der Waals surface area contributed by atoms with Crippen LogP contribution in [-0.2, 0) is 33.3 Å². The normalized spacial score (nSPS) is 49.5. The van der Waals surface area contributed by atoms with Gasteiger partial charge in [-0.25, -0.2) is 4.79 Å². The largest absolute Gasteiger partial charge is 0.464 e. The minimum absolute atomic E-state index is 0.0282. The number of aliphatic hydroxyl groups is 7. The molecule has 0 amide bonds. The van der Waals surface area contributed by atoms with Gasteiger partial charge in [0.25, 0.3) is 0 Å². The monoisotopic (exact) mass is 851 g/mol. The van der Waals surface area contributed by atoms with Crippen molar-refractivity contribution in [2.45, 2.75) is 200 Å². The summed E-state index contributed by atoms with van der Waals surface area (Å²) in [7, 11) is 0. The van der Waals surface area contributed by atoms with Gasteiger partial charge < -0.3 is 59.4 Å². The van der Waals surface area contributed by atoms with Crippen molar-refractivity contribution in [3.63, 3.8) is 0 Å². The fourth-order valence-electron chi connectivity index (χ4n) is 13.9. The Morgan fingerprint density at radius 1 is 0.767 bits per heavy atom. The number of hydrogen-bond acceptors (Lipinski definition) is 14. The van der Waals surface area contributed by atoms with Gasteiger partial charge in [-0.15, -0.1) is 0 Å². The second-order valence-corrected chi connectivity index (χ2v) is 21.9. The van der Waals surface area contributed by atoms with Gasteiger partial charge >= 0.3 is 11.9 Å². The van der Waals surface area contributed by atoms with Crippen LogP contribution >= 0.6 is 0 Å². The van der Waals surface area contributed by atoms with Crippen LogP contribution in [0.5, 0.6) is 0 Å². The molecule has 14 nitrogen and oxygen atoms in total. The van der Waals surface area contributed by atoms with Gasteiger partial charge in [0.1, 0.15) is 42.7 Å². The highest BCUT2D eigenvalue weighted by atomic mass is 16.7. The number of esters is 2. The Hall–Kier alpha value is -1.72. The number of carbonyl (C=O) groups is 2. The number of rotatable bonds is 9. The van der Waals surface area contributed by atoms with Gasteiger partial charge in [0, 0.05) is 0 Å². The lowest BCUT2D eigenvalue weighted by molar-refractivity contribution is -0.324. The van der Waals surface area contributed by atoms with Crippen molar-refractivity contribution in [1.82, 2.24) is 0 Å². The minimum Gasteiger partial charge on any atom is -0.464 e. The molecule has 7 aliphatic rings. The molecule has 2 saturated heterocycles. The van der Waals surface area contributed by atoms with Gasteiger partial charge in [-0.2, -0.15) is 0 Å². The van der Waals surface area contributed by atoms with Crippen LogP contribution in [0.4, 0.5) is 0 Å². The molecule has 0 radical (unpaired) electrons. The Balaban J connectivity index is 1.13. The molecule has 6 fully saturated rings. The lowest BCUT2D eigenvalue weighted by Gasteiger charge is -2.71. The summed E-state index contributed by atoms with van der Waals surface area (Å²) < 4.78 is 29.4. The molecule has 0 aromatic heterocycles. The van der Waals surface area contributed by atoms with E-state index >= 15 is 0 Å². The van der Waals surface area contributed by atoms with Crippen molar-refractivity contribution >= 4 is 11.9 Å². The molecule has 7 N–H and O–H groups in total. The van der Waals surface area contributed by atoms with Gasteiger partial charge in [0.2, 0.25) is 6.29 Å². The minimum atomic E-state index is -1.67. The number of hydrogen-bond donors (Lipinski definition) is 7. The molecule has 0 aromatic rings. The number of carbonyl (C=O) groups excluding carboxylic acids is 2. The first-order chi connectivity index (χ1) is 28.0. The van der Waals surface area contributed by atoms with Crippen molar-refractivity contribution in [3.8, 4) is 0 Å². The zero-order valence-electron chi connectivity index (χ0n) is 37.0. The number of ether oxygens (including phenoxy) is 5. The molecule has 0 spiro atoms. The predicted molar refractivity (Wildman–Crippen MR) is 216 cm³/mol. The number of allylic oxidation sites excluding steroid dienone is 2. The fraction of sp³-hybridized carbons (Fsp3) is 0.913. The Bertz CT molecular complexity index is 1630. The smallest absolute Gasteiger partial charge is 0.338 e. The van der Waals surface area contributed by atoms with Gasteiger partial charge in [-0.3, -0.25) is 4.79 Å². The number of aliphatic hydroxyl groups excluding tert-OH is 7. The molecule has 0 bridgehead atoms. The van der Waals surface area contributed by atoms with E-state index in [1.807, 2.05) is 6.92 Å². The molecule has 342 valence electrons. The average Bonchev–Trinajstić information content (AvgIpc) is 3.19. The zero-order chi connectivity index (χ0) is 44.0. The third kappa shape index (κ3) is 7.23. The van der Waals surface area contributed by atoms with Crippen molar-refractivity contribution in [2.75, 3.05) is 13.2 Å². The molecular weight excluding hydrogens is 776 g/mol. The molecule has 1 unspecified atom stereocenters. The molecule has 5 aliphatic carbocycles. The highest BCUT2D eigenvalue weighted by Gasteiger charge is 2.70.